The monoisotopic (exact) mass is 752 g/mol. The number of aromatic nitrogens is 1. The summed E-state index contributed by atoms with van der Waals surface area (Å²) in [6.07, 6.45) is 0. The van der Waals surface area contributed by atoms with Gasteiger partial charge in [0.15, 0.2) is 0 Å². The third kappa shape index (κ3) is 5.44. The van der Waals surface area contributed by atoms with Gasteiger partial charge in [-0.2, -0.15) is 0 Å². The molecule has 10 aromatic carbocycles. The van der Waals surface area contributed by atoms with Gasteiger partial charge < -0.3 is 13.9 Å². The zero-order valence-electron chi connectivity index (χ0n) is 32.1. The SMILES string of the molecule is c1ccc(-c2cccc(-n3c4ccccc4c4ccc(N(c5ccc6cc7c(cc6c5)oc5ccccc57)c5ccc(-c6ccccc6)c6ccccc56)cc43)c2)cc1. The van der Waals surface area contributed by atoms with Crippen LogP contribution in [0, 0.1) is 0 Å². The maximum atomic E-state index is 6.40. The first kappa shape index (κ1) is 33.3. The van der Waals surface area contributed by atoms with Crippen molar-refractivity contribution in [3.63, 3.8) is 0 Å². The number of benzene rings is 10. The van der Waals surface area contributed by atoms with E-state index >= 15 is 0 Å². The number of para-hydroxylation sites is 2. The third-order valence-electron chi connectivity index (χ3n) is 11.9. The van der Waals surface area contributed by atoms with Crippen LogP contribution in [0.5, 0.6) is 0 Å². The minimum absolute atomic E-state index is 0.892. The summed E-state index contributed by atoms with van der Waals surface area (Å²) in [4.78, 5) is 2.43. The minimum Gasteiger partial charge on any atom is -0.456 e. The molecule has 12 aromatic rings. The van der Waals surface area contributed by atoms with Gasteiger partial charge in [-0.1, -0.05) is 152 Å². The number of fused-ring (bicyclic) bond motifs is 8. The minimum atomic E-state index is 0.892. The Morgan fingerprint density at radius 1 is 0.339 bits per heavy atom. The van der Waals surface area contributed by atoms with E-state index in [4.69, 9.17) is 4.42 Å². The lowest BCUT2D eigenvalue weighted by Crippen LogP contribution is -2.11. The van der Waals surface area contributed by atoms with Crippen LogP contribution < -0.4 is 4.90 Å². The summed E-state index contributed by atoms with van der Waals surface area (Å²) in [5, 5.41) is 9.39. The van der Waals surface area contributed by atoms with E-state index in [9.17, 15) is 0 Å². The highest BCUT2D eigenvalue weighted by Crippen LogP contribution is 2.45. The normalized spacial score (nSPS) is 11.7. The number of anilines is 3. The summed E-state index contributed by atoms with van der Waals surface area (Å²) in [5.74, 6) is 0. The van der Waals surface area contributed by atoms with Crippen LogP contribution in [0.4, 0.5) is 17.1 Å². The van der Waals surface area contributed by atoms with E-state index < -0.39 is 0 Å². The highest BCUT2D eigenvalue weighted by atomic mass is 16.3. The van der Waals surface area contributed by atoms with Crippen LogP contribution in [0.3, 0.4) is 0 Å². The molecule has 3 heteroatoms. The molecule has 0 saturated heterocycles. The molecular formula is C56H36N2O. The molecule has 0 atom stereocenters. The highest BCUT2D eigenvalue weighted by Gasteiger charge is 2.21. The highest BCUT2D eigenvalue weighted by molar-refractivity contribution is 6.13. The fourth-order valence-corrected chi connectivity index (χ4v) is 9.20. The fraction of sp³-hybridized carbons (Fsp3) is 0. The van der Waals surface area contributed by atoms with Gasteiger partial charge in [-0.25, -0.2) is 0 Å². The number of furan rings is 1. The number of rotatable bonds is 6. The Hall–Kier alpha value is -7.88. The lowest BCUT2D eigenvalue weighted by atomic mass is 9.96. The van der Waals surface area contributed by atoms with E-state index in [-0.39, 0.29) is 0 Å². The molecule has 2 heterocycles. The van der Waals surface area contributed by atoms with Crippen molar-refractivity contribution in [1.82, 2.24) is 4.57 Å². The number of nitrogens with zero attached hydrogens (tertiary/aromatic N) is 2. The number of hydrogen-bond acceptors (Lipinski definition) is 2. The first-order valence-corrected chi connectivity index (χ1v) is 20.2. The Kier molecular flexibility index (Phi) is 7.54. The predicted octanol–water partition coefficient (Wildman–Crippen LogP) is 15.8. The molecule has 0 N–H and O–H groups in total. The maximum Gasteiger partial charge on any atom is 0.136 e. The molecule has 0 aliphatic carbocycles. The van der Waals surface area contributed by atoms with Crippen molar-refractivity contribution < 1.29 is 4.42 Å². The van der Waals surface area contributed by atoms with Crippen LogP contribution in [0.2, 0.25) is 0 Å². The molecule has 0 fully saturated rings. The smallest absolute Gasteiger partial charge is 0.136 e. The Balaban J connectivity index is 1.11. The Bertz CT molecular complexity index is 3560. The Morgan fingerprint density at radius 3 is 1.85 bits per heavy atom. The van der Waals surface area contributed by atoms with Gasteiger partial charge in [-0.3, -0.25) is 0 Å². The van der Waals surface area contributed by atoms with Gasteiger partial charge in [-0.05, 0) is 105 Å². The first-order chi connectivity index (χ1) is 29.2. The van der Waals surface area contributed by atoms with Gasteiger partial charge in [0.25, 0.3) is 0 Å². The largest absolute Gasteiger partial charge is 0.456 e. The molecule has 59 heavy (non-hydrogen) atoms. The molecule has 0 aliphatic rings. The molecule has 0 bridgehead atoms. The average Bonchev–Trinajstić information content (AvgIpc) is 3.83. The zero-order chi connectivity index (χ0) is 38.9. The molecule has 0 amide bonds. The van der Waals surface area contributed by atoms with Crippen LogP contribution in [-0.4, -0.2) is 4.57 Å². The lowest BCUT2D eigenvalue weighted by Gasteiger charge is -2.28. The molecule has 0 radical (unpaired) electrons. The zero-order valence-corrected chi connectivity index (χ0v) is 32.1. The van der Waals surface area contributed by atoms with Gasteiger partial charge >= 0.3 is 0 Å². The molecule has 276 valence electrons. The van der Waals surface area contributed by atoms with E-state index in [1.54, 1.807) is 0 Å². The standard InChI is InChI=1S/C56H36N2O/c1-3-14-37(15-4-1)39-18-13-19-42(32-39)58-52-24-11-9-22-48(52)49-29-28-44(36-54(49)58)57(53-31-30-45(38-16-5-2-6-17-38)46-20-7-8-21-47(46)53)43-27-26-40-34-51-50-23-10-12-25-55(50)59-56(51)35-41(40)33-43/h1-36H. The molecule has 0 spiro atoms. The summed E-state index contributed by atoms with van der Waals surface area (Å²) in [7, 11) is 0. The second kappa shape index (κ2) is 13.4. The van der Waals surface area contributed by atoms with Crippen molar-refractivity contribution in [3.05, 3.63) is 218 Å². The Labute approximate surface area is 341 Å². The summed E-state index contributed by atoms with van der Waals surface area (Å²) < 4.78 is 8.82. The van der Waals surface area contributed by atoms with Crippen molar-refractivity contribution in [1.29, 1.82) is 0 Å². The molecule has 2 aromatic heterocycles. The van der Waals surface area contributed by atoms with Crippen LogP contribution in [0.1, 0.15) is 0 Å². The van der Waals surface area contributed by atoms with E-state index in [0.29, 0.717) is 0 Å². The lowest BCUT2D eigenvalue weighted by molar-refractivity contribution is 0.669. The maximum absolute atomic E-state index is 6.40. The summed E-state index contributed by atoms with van der Waals surface area (Å²) in [5.41, 5.74) is 13.3. The van der Waals surface area contributed by atoms with E-state index in [0.717, 1.165) is 55.6 Å². The number of hydrogen-bond donors (Lipinski definition) is 0. The Morgan fingerprint density at radius 2 is 1.00 bits per heavy atom. The third-order valence-corrected chi connectivity index (χ3v) is 11.9. The van der Waals surface area contributed by atoms with Crippen molar-refractivity contribution in [2.45, 2.75) is 0 Å². The average molecular weight is 753 g/mol. The molecule has 3 nitrogen and oxygen atoms in total. The van der Waals surface area contributed by atoms with Crippen LogP contribution in [0.15, 0.2) is 223 Å². The van der Waals surface area contributed by atoms with Crippen LogP contribution in [-0.2, 0) is 0 Å². The van der Waals surface area contributed by atoms with E-state index in [2.05, 4.69) is 216 Å². The molecule has 0 saturated carbocycles. The second-order valence-electron chi connectivity index (χ2n) is 15.3. The van der Waals surface area contributed by atoms with Crippen LogP contribution in [0.25, 0.3) is 93.2 Å². The van der Waals surface area contributed by atoms with Crippen LogP contribution >= 0.6 is 0 Å². The van der Waals surface area contributed by atoms with Gasteiger partial charge in [0, 0.05) is 44.0 Å². The first-order valence-electron chi connectivity index (χ1n) is 20.2. The van der Waals surface area contributed by atoms with Crippen molar-refractivity contribution >= 4 is 82.4 Å². The van der Waals surface area contributed by atoms with Gasteiger partial charge in [0.1, 0.15) is 11.2 Å². The quantitative estimate of drug-likeness (QED) is 0.169. The predicted molar refractivity (Wildman–Crippen MR) is 249 cm³/mol. The molecule has 12 rings (SSSR count). The summed E-state index contributed by atoms with van der Waals surface area (Å²) in [6, 6.07) is 78.9. The molecule has 0 unspecified atom stereocenters. The van der Waals surface area contributed by atoms with Crippen molar-refractivity contribution in [2.24, 2.45) is 0 Å². The van der Waals surface area contributed by atoms with Gasteiger partial charge in [0.2, 0.25) is 0 Å². The molecular weight excluding hydrogens is 717 g/mol. The van der Waals surface area contributed by atoms with Gasteiger partial charge in [0.05, 0.1) is 16.7 Å². The van der Waals surface area contributed by atoms with Crippen molar-refractivity contribution in [3.8, 4) is 27.9 Å². The summed E-state index contributed by atoms with van der Waals surface area (Å²) in [6.45, 7) is 0. The fourth-order valence-electron chi connectivity index (χ4n) is 9.20. The van der Waals surface area contributed by atoms with Gasteiger partial charge in [-0.15, -0.1) is 0 Å². The summed E-state index contributed by atoms with van der Waals surface area (Å²) >= 11 is 0. The van der Waals surface area contributed by atoms with Crippen molar-refractivity contribution in [2.75, 3.05) is 4.90 Å². The topological polar surface area (TPSA) is 21.3 Å². The van der Waals surface area contributed by atoms with E-state index in [1.165, 1.54) is 54.7 Å². The second-order valence-corrected chi connectivity index (χ2v) is 15.3. The van der Waals surface area contributed by atoms with E-state index in [1.807, 2.05) is 12.1 Å². The molecule has 0 aliphatic heterocycles.